The molecule has 3 fully saturated rings. The molecule has 5 N–H and O–H groups in total. The Morgan fingerprint density at radius 1 is 1.15 bits per heavy atom. The Morgan fingerprint density at radius 2 is 1.94 bits per heavy atom. The summed E-state index contributed by atoms with van der Waals surface area (Å²) in [5.41, 5.74) is 8.94. The molecule has 0 radical (unpaired) electrons. The Kier molecular flexibility index (Phi) is 12.2. The van der Waals surface area contributed by atoms with Crippen molar-refractivity contribution in [3.05, 3.63) is 70.9 Å². The number of nitrogens with two attached hydrogens (primary N) is 1. The first kappa shape index (κ1) is 42.7. The Balaban J connectivity index is 0.873. The predicted octanol–water partition coefficient (Wildman–Crippen LogP) is 3.36. The van der Waals surface area contributed by atoms with E-state index < -0.39 is 22.8 Å². The monoisotopic (exact) mass is 869 g/mol. The molecule has 3 saturated heterocycles. The van der Waals surface area contributed by atoms with Crippen molar-refractivity contribution in [2.75, 3.05) is 50.0 Å². The van der Waals surface area contributed by atoms with Crippen LogP contribution in [0.25, 0.3) is 22.3 Å². The average Bonchev–Trinajstić information content (AvgIpc) is 3.90. The van der Waals surface area contributed by atoms with Crippen LogP contribution < -0.4 is 31.7 Å². The number of aryl methyl sites for hydroxylation is 1. The minimum absolute atomic E-state index is 0.0980. The molecule has 328 valence electrons. The molecule has 18 nitrogen and oxygen atoms in total. The van der Waals surface area contributed by atoms with Crippen LogP contribution in [0.5, 0.6) is 5.75 Å². The first-order valence-corrected chi connectivity index (χ1v) is 22.0. The van der Waals surface area contributed by atoms with Gasteiger partial charge in [-0.15, -0.1) is 5.10 Å². The number of ether oxygens (including phenoxy) is 1. The molecular formula is C42H52FN13O5S. The highest BCUT2D eigenvalue weighted by Gasteiger charge is 2.49. The number of hydrogen-bond donors (Lipinski definition) is 4. The molecule has 3 aromatic heterocycles. The standard InChI is InChI=1S/C42H52FN13O5S/c1-25(2)61-39-37(27(19-44)20-45)47-24-54-40(39)49-41(50-54)48-31-10-9-29(18-30(31)43)62(60)55-22-35-32(55)14-17-53(35)21-26-12-15-52(16-13-26)33-6-5-7-34-38(33)51(4)42(59)56(34)28(23-57)8-11-36(58)46-3/h5-7,9-10,18-20,23-26,28,32,35,44H,8,11-17,21-22,45H2,1-4H3,(H,46,58)(H,48,50)/b27-20+,44-19?. The van der Waals surface area contributed by atoms with Gasteiger partial charge in [0.25, 0.3) is 0 Å². The summed E-state index contributed by atoms with van der Waals surface area (Å²) < 4.78 is 41.9. The van der Waals surface area contributed by atoms with Crippen molar-refractivity contribution in [3.8, 4) is 5.75 Å². The number of likely N-dealkylation sites (tertiary alicyclic amines) is 1. The maximum atomic E-state index is 15.6. The summed E-state index contributed by atoms with van der Waals surface area (Å²) in [6.07, 6.45) is 7.47. The van der Waals surface area contributed by atoms with Gasteiger partial charge in [-0.2, -0.15) is 9.50 Å². The van der Waals surface area contributed by atoms with Crippen LogP contribution in [0.15, 0.2) is 58.6 Å². The number of piperidine rings is 1. The third kappa shape index (κ3) is 7.97. The molecule has 4 unspecified atom stereocenters. The average molecular weight is 870 g/mol. The lowest BCUT2D eigenvalue weighted by Crippen LogP contribution is -2.62. The fraction of sp³-hybridized carbons (Fsp3) is 0.452. The molecule has 62 heavy (non-hydrogen) atoms. The molecule has 8 rings (SSSR count). The number of imidazole rings is 1. The number of aromatic nitrogens is 6. The molecule has 4 atom stereocenters. The number of aldehydes is 1. The molecule has 0 spiro atoms. The number of allylic oxidation sites excluding steroid dienone is 1. The van der Waals surface area contributed by atoms with Gasteiger partial charge in [0.1, 0.15) is 35.1 Å². The van der Waals surface area contributed by atoms with Gasteiger partial charge >= 0.3 is 5.69 Å². The molecule has 0 saturated carbocycles. The predicted molar refractivity (Wildman–Crippen MR) is 235 cm³/mol. The van der Waals surface area contributed by atoms with Gasteiger partial charge in [0.2, 0.25) is 17.5 Å². The Morgan fingerprint density at radius 3 is 2.63 bits per heavy atom. The number of fused-ring (bicyclic) bond motifs is 3. The lowest BCUT2D eigenvalue weighted by Gasteiger charge is -2.46. The topological polar surface area (TPSA) is 214 Å². The Bertz CT molecular complexity index is 2630. The highest BCUT2D eigenvalue weighted by Crippen LogP contribution is 2.38. The fourth-order valence-electron chi connectivity index (χ4n) is 9.01. The van der Waals surface area contributed by atoms with Crippen molar-refractivity contribution in [2.45, 2.75) is 75.1 Å². The molecule has 5 aromatic rings. The summed E-state index contributed by atoms with van der Waals surface area (Å²) in [5, 5.41) is 17.6. The van der Waals surface area contributed by atoms with Gasteiger partial charge in [-0.05, 0) is 75.8 Å². The van der Waals surface area contributed by atoms with Crippen LogP contribution in [0.4, 0.5) is 21.7 Å². The van der Waals surface area contributed by atoms with E-state index in [1.54, 1.807) is 24.7 Å². The summed E-state index contributed by atoms with van der Waals surface area (Å²) >= 11 is 0. The number of rotatable bonds is 16. The lowest BCUT2D eigenvalue weighted by molar-refractivity contribution is -0.121. The smallest absolute Gasteiger partial charge is 0.329 e. The maximum absolute atomic E-state index is 15.6. The summed E-state index contributed by atoms with van der Waals surface area (Å²) in [5.74, 6) is 0.0834. The number of amides is 1. The minimum atomic E-state index is -1.54. The summed E-state index contributed by atoms with van der Waals surface area (Å²) in [7, 11) is 1.74. The van der Waals surface area contributed by atoms with Crippen molar-refractivity contribution < 1.29 is 22.9 Å². The number of nitrogens with zero attached hydrogens (tertiary/aromatic N) is 9. The zero-order valence-electron chi connectivity index (χ0n) is 35.2. The van der Waals surface area contributed by atoms with E-state index in [0.717, 1.165) is 69.1 Å². The maximum Gasteiger partial charge on any atom is 0.329 e. The van der Waals surface area contributed by atoms with Crippen molar-refractivity contribution in [1.82, 2.24) is 43.2 Å². The van der Waals surface area contributed by atoms with E-state index in [2.05, 4.69) is 35.5 Å². The van der Waals surface area contributed by atoms with Crippen LogP contribution in [-0.2, 0) is 27.6 Å². The number of carbonyl (C=O) groups excluding carboxylic acids is 2. The highest BCUT2D eigenvalue weighted by atomic mass is 32.2. The van der Waals surface area contributed by atoms with E-state index in [9.17, 15) is 18.6 Å². The van der Waals surface area contributed by atoms with Crippen LogP contribution >= 0.6 is 0 Å². The van der Waals surface area contributed by atoms with Crippen molar-refractivity contribution in [2.24, 2.45) is 18.7 Å². The number of anilines is 3. The van der Waals surface area contributed by atoms with Crippen LogP contribution in [0.2, 0.25) is 0 Å². The number of para-hydroxylation sites is 1. The second kappa shape index (κ2) is 17.8. The Hall–Kier alpha value is -5.99. The number of benzene rings is 2. The molecule has 0 aliphatic carbocycles. The molecule has 0 bridgehead atoms. The number of halogens is 1. The molecule has 1 amide bonds. The van der Waals surface area contributed by atoms with E-state index in [-0.39, 0.29) is 60.0 Å². The van der Waals surface area contributed by atoms with Gasteiger partial charge in [0.15, 0.2) is 5.75 Å². The van der Waals surface area contributed by atoms with Crippen LogP contribution in [0.1, 0.15) is 57.7 Å². The zero-order valence-corrected chi connectivity index (χ0v) is 36.0. The van der Waals surface area contributed by atoms with Gasteiger partial charge in [0, 0.05) is 83.3 Å². The second-order valence-electron chi connectivity index (χ2n) is 16.3. The third-order valence-corrected chi connectivity index (χ3v) is 13.7. The number of carbonyl (C=O) groups is 2. The first-order chi connectivity index (χ1) is 29.9. The number of nitrogens with one attached hydrogen (secondary N) is 3. The van der Waals surface area contributed by atoms with Gasteiger partial charge in [0.05, 0.1) is 39.4 Å². The third-order valence-electron chi connectivity index (χ3n) is 12.2. The quantitative estimate of drug-likeness (QED) is 0.0831. The van der Waals surface area contributed by atoms with E-state index in [1.165, 1.54) is 33.7 Å². The summed E-state index contributed by atoms with van der Waals surface area (Å²) in [6.45, 7) is 7.83. The zero-order chi connectivity index (χ0) is 43.8. The molecule has 2 aromatic carbocycles. The molecule has 20 heteroatoms. The highest BCUT2D eigenvalue weighted by molar-refractivity contribution is 7.82. The van der Waals surface area contributed by atoms with Gasteiger partial charge in [-0.25, -0.2) is 22.7 Å². The lowest BCUT2D eigenvalue weighted by atomic mass is 9.94. The van der Waals surface area contributed by atoms with Gasteiger partial charge in [-0.1, -0.05) is 6.07 Å². The summed E-state index contributed by atoms with van der Waals surface area (Å²) in [4.78, 5) is 51.6. The van der Waals surface area contributed by atoms with E-state index in [4.69, 9.17) is 15.9 Å². The second-order valence-corrected chi connectivity index (χ2v) is 17.7. The van der Waals surface area contributed by atoms with Crippen LogP contribution in [0, 0.1) is 17.1 Å². The largest absolute Gasteiger partial charge is 0.485 e. The van der Waals surface area contributed by atoms with Crippen molar-refractivity contribution in [1.29, 1.82) is 5.41 Å². The van der Waals surface area contributed by atoms with E-state index in [1.807, 2.05) is 36.4 Å². The number of hydrogen-bond acceptors (Lipinski definition) is 13. The fourth-order valence-corrected chi connectivity index (χ4v) is 10.5. The molecule has 3 aliphatic rings. The van der Waals surface area contributed by atoms with E-state index >= 15 is 4.39 Å². The SMILES string of the molecule is CNC(=O)CCC(C=O)n1c(=O)n(C)c2c(N3CCC(CN4CCC5C4CN5S(=O)c4ccc(Nc5nc6c(OC(C)C)c(/C(C=N)=C/N)ncn6n5)c(F)c4)CC3)cccc21. The first-order valence-electron chi connectivity index (χ1n) is 20.9. The van der Waals surface area contributed by atoms with E-state index in [0.29, 0.717) is 39.8 Å². The molecule has 6 heterocycles. The van der Waals surface area contributed by atoms with Crippen LogP contribution in [0.3, 0.4) is 0 Å². The Labute approximate surface area is 360 Å². The molecular weight excluding hydrogens is 818 g/mol. The van der Waals surface area contributed by atoms with Gasteiger partial charge < -0.3 is 36.2 Å². The minimum Gasteiger partial charge on any atom is -0.485 e. The molecule has 3 aliphatic heterocycles. The summed E-state index contributed by atoms with van der Waals surface area (Å²) in [6, 6.07) is 9.95. The van der Waals surface area contributed by atoms with Gasteiger partial charge in [-0.3, -0.25) is 18.8 Å². The normalized spacial score (nSPS) is 19.7. The van der Waals surface area contributed by atoms with Crippen molar-refractivity contribution in [3.63, 3.8) is 0 Å². The van der Waals surface area contributed by atoms with Crippen LogP contribution in [-0.4, -0.2) is 118 Å². The van der Waals surface area contributed by atoms with Crippen molar-refractivity contribution >= 4 is 69.0 Å².